The van der Waals surface area contributed by atoms with Crippen molar-refractivity contribution in [3.05, 3.63) is 0 Å². The fourth-order valence-corrected chi connectivity index (χ4v) is 12.5. The fourth-order valence-electron chi connectivity index (χ4n) is 2.39. The Kier molecular flexibility index (Phi) is 6.21. The third-order valence-electron chi connectivity index (χ3n) is 3.62. The highest BCUT2D eigenvalue weighted by Gasteiger charge is 2.50. The summed E-state index contributed by atoms with van der Waals surface area (Å²) in [7, 11) is 1.73. The molecule has 0 aromatic carbocycles. The molecule has 1 saturated heterocycles. The minimum absolute atomic E-state index is 0.599. The van der Waals surface area contributed by atoms with Crippen LogP contribution < -0.4 is 0 Å². The molecule has 2 unspecified atom stereocenters. The van der Waals surface area contributed by atoms with Crippen LogP contribution >= 0.6 is 0 Å². The lowest BCUT2D eigenvalue weighted by molar-refractivity contribution is 0.196. The smallest absolute Gasteiger partial charge is 0.167 e. The van der Waals surface area contributed by atoms with Gasteiger partial charge in [-0.1, -0.05) is 13.8 Å². The van der Waals surface area contributed by atoms with E-state index in [0.717, 1.165) is 13.2 Å². The van der Waals surface area contributed by atoms with E-state index in [1.807, 2.05) is 0 Å². The molecule has 0 saturated carbocycles. The molecule has 1 aliphatic heterocycles. The second-order valence-corrected chi connectivity index (χ2v) is 13.0. The summed E-state index contributed by atoms with van der Waals surface area (Å²) in [6.45, 7) is 6.64. The largest absolute Gasteiger partial charge is 0.459 e. The number of methoxy groups -OCH3 is 2. The number of ether oxygens (including phenoxy) is 2. The highest BCUT2D eigenvalue weighted by atomic mass is 28.4. The summed E-state index contributed by atoms with van der Waals surface area (Å²) in [5.74, 6) is 0. The Balaban J connectivity index is 2.18. The van der Waals surface area contributed by atoms with Gasteiger partial charge in [-0.05, 0) is 29.6 Å². The van der Waals surface area contributed by atoms with Crippen LogP contribution in [0.2, 0.25) is 16.7 Å². The van der Waals surface area contributed by atoms with Crippen molar-refractivity contribution in [1.29, 1.82) is 0 Å². The maximum Gasteiger partial charge on any atom is 0.167 e. The molecule has 2 atom stereocenters. The van der Waals surface area contributed by atoms with Gasteiger partial charge in [-0.15, -0.1) is 0 Å². The molecule has 0 bridgehead atoms. The quantitative estimate of drug-likeness (QED) is 0.494. The van der Waals surface area contributed by atoms with Crippen LogP contribution in [-0.4, -0.2) is 45.5 Å². The Labute approximate surface area is 103 Å². The van der Waals surface area contributed by atoms with Gasteiger partial charge in [-0.2, -0.15) is 0 Å². The molecular formula is C11H26O3Si2. The van der Waals surface area contributed by atoms with Gasteiger partial charge in [-0.25, -0.2) is 0 Å². The third-order valence-corrected chi connectivity index (χ3v) is 13.7. The van der Waals surface area contributed by atoms with E-state index in [0.29, 0.717) is 4.66 Å². The fraction of sp³-hybridized carbons (Fsp3) is 1.00. The van der Waals surface area contributed by atoms with E-state index in [2.05, 4.69) is 13.8 Å². The van der Waals surface area contributed by atoms with Gasteiger partial charge in [0.2, 0.25) is 0 Å². The molecule has 5 heteroatoms. The first-order valence-corrected chi connectivity index (χ1v) is 9.99. The van der Waals surface area contributed by atoms with Crippen molar-refractivity contribution in [1.82, 2.24) is 0 Å². The molecule has 96 valence electrons. The summed E-state index contributed by atoms with van der Waals surface area (Å²) in [6, 6.07) is 2.57. The van der Waals surface area contributed by atoms with Crippen LogP contribution in [-0.2, 0) is 13.6 Å². The van der Waals surface area contributed by atoms with Crippen molar-refractivity contribution in [2.75, 3.05) is 27.4 Å². The molecule has 0 spiro atoms. The van der Waals surface area contributed by atoms with Crippen LogP contribution in [0.25, 0.3) is 0 Å². The van der Waals surface area contributed by atoms with E-state index in [1.165, 1.54) is 24.9 Å². The molecule has 1 heterocycles. The lowest BCUT2D eigenvalue weighted by atomic mass is 10.5. The topological polar surface area (TPSA) is 27.7 Å². The Morgan fingerprint density at radius 3 is 1.69 bits per heavy atom. The Morgan fingerprint density at radius 2 is 1.38 bits per heavy atom. The average Bonchev–Trinajstić information content (AvgIpc) is 2.26. The lowest BCUT2D eigenvalue weighted by Crippen LogP contribution is -2.58. The normalized spacial score (nSPS) is 27.8. The molecular weight excluding hydrogens is 236 g/mol. The maximum absolute atomic E-state index is 6.21. The summed E-state index contributed by atoms with van der Waals surface area (Å²) in [4.78, 5) is 0. The van der Waals surface area contributed by atoms with Gasteiger partial charge < -0.3 is 13.6 Å². The van der Waals surface area contributed by atoms with Crippen LogP contribution in [0.4, 0.5) is 0 Å². The van der Waals surface area contributed by atoms with E-state index in [1.54, 1.807) is 14.2 Å². The van der Waals surface area contributed by atoms with Crippen molar-refractivity contribution in [2.45, 2.75) is 43.4 Å². The van der Waals surface area contributed by atoms with Crippen molar-refractivity contribution in [2.24, 2.45) is 0 Å². The Bertz CT molecular complexity index is 182. The molecule has 0 radical (unpaired) electrons. The van der Waals surface area contributed by atoms with Crippen LogP contribution in [0.15, 0.2) is 0 Å². The first-order chi connectivity index (χ1) is 7.62. The zero-order valence-corrected chi connectivity index (χ0v) is 13.4. The summed E-state index contributed by atoms with van der Waals surface area (Å²) in [5.41, 5.74) is 0. The Morgan fingerprint density at radius 1 is 0.938 bits per heavy atom. The maximum atomic E-state index is 6.21. The first kappa shape index (κ1) is 14.4. The van der Waals surface area contributed by atoms with Gasteiger partial charge in [0, 0.05) is 27.4 Å². The number of hydrogen-bond donors (Lipinski definition) is 0. The lowest BCUT2D eigenvalue weighted by Gasteiger charge is -2.50. The van der Waals surface area contributed by atoms with Gasteiger partial charge in [0.1, 0.15) is 0 Å². The first-order valence-electron chi connectivity index (χ1n) is 6.26. The SMILES string of the molecule is COCCC[SiH]1O[SiH](CCCOC)C1(C)C. The van der Waals surface area contributed by atoms with Gasteiger partial charge >= 0.3 is 0 Å². The molecule has 0 aromatic heterocycles. The number of hydrogen-bond acceptors (Lipinski definition) is 3. The van der Waals surface area contributed by atoms with Crippen LogP contribution in [0.5, 0.6) is 0 Å². The molecule has 0 amide bonds. The van der Waals surface area contributed by atoms with E-state index in [4.69, 9.17) is 13.6 Å². The van der Waals surface area contributed by atoms with Gasteiger partial charge in [0.25, 0.3) is 0 Å². The van der Waals surface area contributed by atoms with E-state index in [-0.39, 0.29) is 0 Å². The van der Waals surface area contributed by atoms with Crippen molar-refractivity contribution in [3.63, 3.8) is 0 Å². The summed E-state index contributed by atoms with van der Waals surface area (Å²) >= 11 is 0. The third kappa shape index (κ3) is 3.66. The van der Waals surface area contributed by atoms with Gasteiger partial charge in [-0.3, -0.25) is 0 Å². The second kappa shape index (κ2) is 6.91. The predicted molar refractivity (Wildman–Crippen MR) is 72.0 cm³/mol. The minimum atomic E-state index is -0.910. The number of rotatable bonds is 8. The van der Waals surface area contributed by atoms with Crippen molar-refractivity contribution >= 4 is 18.1 Å². The van der Waals surface area contributed by atoms with E-state index in [9.17, 15) is 0 Å². The summed E-state index contributed by atoms with van der Waals surface area (Å²) in [6.07, 6.45) is 2.35. The monoisotopic (exact) mass is 262 g/mol. The van der Waals surface area contributed by atoms with Gasteiger partial charge in [0.05, 0.1) is 0 Å². The average molecular weight is 262 g/mol. The molecule has 0 N–H and O–H groups in total. The molecule has 0 aliphatic carbocycles. The highest BCUT2D eigenvalue weighted by Crippen LogP contribution is 2.46. The van der Waals surface area contributed by atoms with Gasteiger partial charge in [0.15, 0.2) is 18.1 Å². The van der Waals surface area contributed by atoms with Crippen LogP contribution in [0, 0.1) is 0 Å². The molecule has 3 nitrogen and oxygen atoms in total. The van der Waals surface area contributed by atoms with Crippen LogP contribution in [0.3, 0.4) is 0 Å². The summed E-state index contributed by atoms with van der Waals surface area (Å²) in [5, 5.41) is 0. The molecule has 16 heavy (non-hydrogen) atoms. The zero-order valence-electron chi connectivity index (χ0n) is 11.1. The molecule has 0 aromatic rings. The van der Waals surface area contributed by atoms with Crippen molar-refractivity contribution in [3.8, 4) is 0 Å². The zero-order chi connectivity index (χ0) is 12.0. The molecule has 1 rings (SSSR count). The highest BCUT2D eigenvalue weighted by molar-refractivity contribution is 6.89. The van der Waals surface area contributed by atoms with Crippen LogP contribution in [0.1, 0.15) is 26.7 Å². The van der Waals surface area contributed by atoms with Crippen molar-refractivity contribution < 1.29 is 13.6 Å². The molecule has 1 fully saturated rings. The minimum Gasteiger partial charge on any atom is -0.459 e. The summed E-state index contributed by atoms with van der Waals surface area (Å²) < 4.78 is 17.0. The predicted octanol–water partition coefficient (Wildman–Crippen LogP) is 1.86. The standard InChI is InChI=1S/C11H26O3Si2/c1-11(2)15(9-5-7-12-3)14-16(11)10-6-8-13-4/h15-16H,5-10H2,1-4H3. The molecule has 1 aliphatic rings. The second-order valence-electron chi connectivity index (χ2n) is 5.20. The Hall–Kier alpha value is 0.314. The van der Waals surface area contributed by atoms with E-state index >= 15 is 0 Å². The van der Waals surface area contributed by atoms with E-state index < -0.39 is 18.1 Å².